The second kappa shape index (κ2) is 7.07. The molecule has 1 unspecified atom stereocenters. The van der Waals surface area contributed by atoms with Gasteiger partial charge in [-0.3, -0.25) is 0 Å². The van der Waals surface area contributed by atoms with Gasteiger partial charge in [0.15, 0.2) is 0 Å². The zero-order valence-electron chi connectivity index (χ0n) is 11.7. The first-order valence-corrected chi connectivity index (χ1v) is 6.96. The van der Waals surface area contributed by atoms with Crippen LogP contribution in [0.3, 0.4) is 0 Å². The number of likely N-dealkylation sites (tertiary alicyclic amines) is 1. The number of nitrogens with one attached hydrogen (secondary N) is 2. The fourth-order valence-corrected chi connectivity index (χ4v) is 2.38. The van der Waals surface area contributed by atoms with E-state index in [9.17, 15) is 14.7 Å². The van der Waals surface area contributed by atoms with Crippen LogP contribution in [0.5, 0.6) is 0 Å². The van der Waals surface area contributed by atoms with Crippen LogP contribution in [-0.4, -0.2) is 62.8 Å². The molecule has 1 fully saturated rings. The van der Waals surface area contributed by atoms with Crippen LogP contribution in [0.2, 0.25) is 0 Å². The summed E-state index contributed by atoms with van der Waals surface area (Å²) >= 11 is 0. The van der Waals surface area contributed by atoms with Crippen LogP contribution >= 0.6 is 0 Å². The molecule has 1 saturated heterocycles. The summed E-state index contributed by atoms with van der Waals surface area (Å²) in [7, 11) is 0. The molecule has 0 radical (unpaired) electrons. The summed E-state index contributed by atoms with van der Waals surface area (Å²) in [5.74, 6) is -0.850. The van der Waals surface area contributed by atoms with Gasteiger partial charge in [-0.15, -0.1) is 0 Å². The maximum Gasteiger partial charge on any atom is 0.326 e. The first-order valence-electron chi connectivity index (χ1n) is 6.96. The Morgan fingerprint density at radius 2 is 2.19 bits per heavy atom. The van der Waals surface area contributed by atoms with E-state index >= 15 is 0 Å². The van der Waals surface area contributed by atoms with Crippen molar-refractivity contribution >= 4 is 12.0 Å². The number of carbonyl (C=O) groups excluding carboxylic acids is 1. The Hall–Kier alpha value is -2.09. The van der Waals surface area contributed by atoms with Gasteiger partial charge in [-0.05, 0) is 18.8 Å². The number of aliphatic hydroxyl groups excluding tert-OH is 1. The average molecular weight is 296 g/mol. The highest BCUT2D eigenvalue weighted by molar-refractivity contribution is 5.82. The largest absolute Gasteiger partial charge is 0.480 e. The highest BCUT2D eigenvalue weighted by Gasteiger charge is 2.26. The molecule has 0 bridgehead atoms. The maximum atomic E-state index is 12.1. The molecule has 8 heteroatoms. The fraction of sp³-hybridized carbons (Fsp3) is 0.615. The molecule has 1 aromatic heterocycles. The van der Waals surface area contributed by atoms with Crippen molar-refractivity contribution in [1.82, 2.24) is 20.2 Å². The molecule has 0 aliphatic carbocycles. The van der Waals surface area contributed by atoms with Crippen molar-refractivity contribution in [3.8, 4) is 0 Å². The Morgan fingerprint density at radius 1 is 1.48 bits per heavy atom. The summed E-state index contributed by atoms with van der Waals surface area (Å²) in [5, 5.41) is 20.8. The third-order valence-electron chi connectivity index (χ3n) is 3.73. The van der Waals surface area contributed by atoms with Crippen molar-refractivity contribution in [2.45, 2.75) is 25.3 Å². The average Bonchev–Trinajstić information content (AvgIpc) is 2.99. The van der Waals surface area contributed by atoms with Crippen LogP contribution in [0.1, 0.15) is 18.5 Å². The van der Waals surface area contributed by atoms with E-state index in [1.807, 2.05) is 0 Å². The standard InChI is InChI=1S/C13H20N4O4/c18-7-9-1-3-17(4-2-9)13(21)16-11(12(19)20)5-10-6-14-8-15-10/h6,8-9,11,18H,1-5,7H2,(H,14,15)(H,16,21)(H,19,20). The van der Waals surface area contributed by atoms with Gasteiger partial charge in [0.1, 0.15) is 6.04 Å². The minimum Gasteiger partial charge on any atom is -0.480 e. The van der Waals surface area contributed by atoms with Crippen molar-refractivity contribution in [2.75, 3.05) is 19.7 Å². The first kappa shape index (κ1) is 15.3. The summed E-state index contributed by atoms with van der Waals surface area (Å²) < 4.78 is 0. The molecule has 0 spiro atoms. The summed E-state index contributed by atoms with van der Waals surface area (Å²) in [5.41, 5.74) is 0.654. The lowest BCUT2D eigenvalue weighted by molar-refractivity contribution is -0.139. The predicted octanol–water partition coefficient (Wildman–Crippen LogP) is -0.181. The molecular formula is C13H20N4O4. The van der Waals surface area contributed by atoms with Crippen molar-refractivity contribution in [1.29, 1.82) is 0 Å². The highest BCUT2D eigenvalue weighted by atomic mass is 16.4. The number of aliphatic hydroxyl groups is 1. The van der Waals surface area contributed by atoms with Crippen LogP contribution in [0.25, 0.3) is 0 Å². The number of aromatic amines is 1. The summed E-state index contributed by atoms with van der Waals surface area (Å²) in [4.78, 5) is 31.6. The highest BCUT2D eigenvalue weighted by Crippen LogP contribution is 2.16. The minimum absolute atomic E-state index is 0.132. The number of aliphatic carboxylic acids is 1. The van der Waals surface area contributed by atoms with Crippen LogP contribution < -0.4 is 5.32 Å². The maximum absolute atomic E-state index is 12.1. The van der Waals surface area contributed by atoms with E-state index in [1.54, 1.807) is 4.90 Å². The number of imidazole rings is 1. The Balaban J connectivity index is 1.88. The molecule has 1 aromatic rings. The number of amides is 2. The molecule has 1 aliphatic rings. The van der Waals surface area contributed by atoms with Gasteiger partial charge in [-0.25, -0.2) is 14.6 Å². The van der Waals surface area contributed by atoms with E-state index in [1.165, 1.54) is 12.5 Å². The van der Waals surface area contributed by atoms with Crippen LogP contribution in [0.15, 0.2) is 12.5 Å². The third kappa shape index (κ3) is 4.19. The molecule has 1 aliphatic heterocycles. The number of urea groups is 1. The van der Waals surface area contributed by atoms with Crippen molar-refractivity contribution < 1.29 is 19.8 Å². The normalized spacial score (nSPS) is 17.5. The van der Waals surface area contributed by atoms with Crippen LogP contribution in [0.4, 0.5) is 4.79 Å². The molecule has 2 rings (SSSR count). The lowest BCUT2D eigenvalue weighted by atomic mass is 9.98. The van der Waals surface area contributed by atoms with Gasteiger partial charge in [0.25, 0.3) is 0 Å². The lowest BCUT2D eigenvalue weighted by Gasteiger charge is -2.32. The Morgan fingerprint density at radius 3 is 2.71 bits per heavy atom. The molecule has 21 heavy (non-hydrogen) atoms. The quantitative estimate of drug-likeness (QED) is 0.601. The van der Waals surface area contributed by atoms with Crippen LogP contribution in [0, 0.1) is 5.92 Å². The number of aromatic nitrogens is 2. The zero-order chi connectivity index (χ0) is 15.2. The monoisotopic (exact) mass is 296 g/mol. The van der Waals surface area contributed by atoms with Gasteiger partial charge >= 0.3 is 12.0 Å². The fourth-order valence-electron chi connectivity index (χ4n) is 2.38. The van der Waals surface area contributed by atoms with Crippen molar-refractivity contribution in [3.63, 3.8) is 0 Å². The molecule has 8 nitrogen and oxygen atoms in total. The molecule has 1 atom stereocenters. The van der Waals surface area contributed by atoms with Crippen LogP contribution in [-0.2, 0) is 11.2 Å². The van der Waals surface area contributed by atoms with Crippen molar-refractivity contribution in [3.05, 3.63) is 18.2 Å². The number of nitrogens with zero attached hydrogens (tertiary/aromatic N) is 2. The molecule has 0 saturated carbocycles. The number of carbonyl (C=O) groups is 2. The minimum atomic E-state index is -1.08. The van der Waals surface area contributed by atoms with Crippen molar-refractivity contribution in [2.24, 2.45) is 5.92 Å². The summed E-state index contributed by atoms with van der Waals surface area (Å²) in [6.45, 7) is 1.20. The number of carboxylic acid groups (broad SMARTS) is 1. The number of carboxylic acids is 1. The number of piperidine rings is 1. The van der Waals surface area contributed by atoms with Gasteiger partial charge < -0.3 is 25.4 Å². The second-order valence-electron chi connectivity index (χ2n) is 5.23. The third-order valence-corrected chi connectivity index (χ3v) is 3.73. The smallest absolute Gasteiger partial charge is 0.326 e. The zero-order valence-corrected chi connectivity index (χ0v) is 11.7. The molecular weight excluding hydrogens is 276 g/mol. The number of rotatable bonds is 5. The van der Waals surface area contributed by atoms with E-state index in [4.69, 9.17) is 5.11 Å². The summed E-state index contributed by atoms with van der Waals surface area (Å²) in [6.07, 6.45) is 4.64. The van der Waals surface area contributed by atoms with Gasteiger partial charge in [-0.2, -0.15) is 0 Å². The van der Waals surface area contributed by atoms with Gasteiger partial charge in [0.2, 0.25) is 0 Å². The van der Waals surface area contributed by atoms with E-state index in [-0.39, 0.29) is 25.0 Å². The topological polar surface area (TPSA) is 119 Å². The number of hydrogen-bond donors (Lipinski definition) is 4. The Bertz CT molecular complexity index is 469. The molecule has 2 amide bonds. The molecule has 2 heterocycles. The van der Waals surface area contributed by atoms with Gasteiger partial charge in [-0.1, -0.05) is 0 Å². The Labute approximate surface area is 122 Å². The summed E-state index contributed by atoms with van der Waals surface area (Å²) in [6, 6.07) is -1.37. The lowest BCUT2D eigenvalue weighted by Crippen LogP contribution is -2.51. The van der Waals surface area contributed by atoms with E-state index in [2.05, 4.69) is 15.3 Å². The predicted molar refractivity (Wildman–Crippen MR) is 73.6 cm³/mol. The first-order chi connectivity index (χ1) is 10.1. The van der Waals surface area contributed by atoms with E-state index < -0.39 is 12.0 Å². The number of H-pyrrole nitrogens is 1. The van der Waals surface area contributed by atoms with Gasteiger partial charge in [0.05, 0.1) is 6.33 Å². The molecule has 116 valence electrons. The second-order valence-corrected chi connectivity index (χ2v) is 5.23. The van der Waals surface area contributed by atoms with E-state index in [0.29, 0.717) is 18.8 Å². The number of hydrogen-bond acceptors (Lipinski definition) is 4. The van der Waals surface area contributed by atoms with Gasteiger partial charge in [0, 0.05) is 38.0 Å². The SMILES string of the molecule is O=C(O)C(Cc1cnc[nH]1)NC(=O)N1CCC(CO)CC1. The molecule has 4 N–H and O–H groups in total. The van der Waals surface area contributed by atoms with E-state index in [0.717, 1.165) is 12.8 Å². The Kier molecular flexibility index (Phi) is 5.15. The molecule has 0 aromatic carbocycles.